The average molecular weight is 408 g/mol. The first-order valence-corrected chi connectivity index (χ1v) is 8.84. The van der Waals surface area contributed by atoms with Gasteiger partial charge in [-0.2, -0.15) is 0 Å². The number of nitrogens with one attached hydrogen (secondary N) is 3. The van der Waals surface area contributed by atoms with Crippen LogP contribution in [0.5, 0.6) is 0 Å². The van der Waals surface area contributed by atoms with Gasteiger partial charge in [-0.25, -0.2) is 4.39 Å². The van der Waals surface area contributed by atoms with E-state index in [1.54, 1.807) is 18.2 Å². The summed E-state index contributed by atoms with van der Waals surface area (Å²) < 4.78 is 18.3. The lowest BCUT2D eigenvalue weighted by Crippen LogP contribution is -2.44. The number of anilines is 1. The SMILES string of the molecule is Cl.O=C(CC1COCCN1)NCc1cccc(NC(=O)c2ccc(F)cc2)c1. The Hall–Kier alpha value is -2.48. The number of benzene rings is 2. The molecule has 8 heteroatoms. The molecule has 2 amide bonds. The fourth-order valence-electron chi connectivity index (χ4n) is 2.81. The number of rotatable bonds is 6. The van der Waals surface area contributed by atoms with Crippen LogP contribution in [-0.4, -0.2) is 37.6 Å². The van der Waals surface area contributed by atoms with Crippen molar-refractivity contribution in [1.82, 2.24) is 10.6 Å². The third-order valence-electron chi connectivity index (χ3n) is 4.21. The van der Waals surface area contributed by atoms with Gasteiger partial charge >= 0.3 is 0 Å². The van der Waals surface area contributed by atoms with Crippen molar-refractivity contribution in [3.05, 3.63) is 65.5 Å². The van der Waals surface area contributed by atoms with Gasteiger partial charge in [-0.3, -0.25) is 9.59 Å². The number of halogens is 2. The molecule has 2 aromatic carbocycles. The van der Waals surface area contributed by atoms with E-state index in [0.717, 1.165) is 12.1 Å². The molecule has 0 aliphatic carbocycles. The van der Waals surface area contributed by atoms with Gasteiger partial charge in [0.1, 0.15) is 5.82 Å². The largest absolute Gasteiger partial charge is 0.378 e. The molecule has 28 heavy (non-hydrogen) atoms. The summed E-state index contributed by atoms with van der Waals surface area (Å²) in [5, 5.41) is 8.89. The Balaban J connectivity index is 0.00000280. The fraction of sp³-hybridized carbons (Fsp3) is 0.300. The summed E-state index contributed by atoms with van der Waals surface area (Å²) in [6.45, 7) is 2.34. The minimum Gasteiger partial charge on any atom is -0.378 e. The van der Waals surface area contributed by atoms with Crippen molar-refractivity contribution in [2.24, 2.45) is 0 Å². The first-order valence-electron chi connectivity index (χ1n) is 8.84. The zero-order valence-corrected chi connectivity index (χ0v) is 16.1. The maximum Gasteiger partial charge on any atom is 0.255 e. The number of morpholine rings is 1. The van der Waals surface area contributed by atoms with Crippen molar-refractivity contribution in [2.75, 3.05) is 25.1 Å². The van der Waals surface area contributed by atoms with E-state index in [2.05, 4.69) is 16.0 Å². The Morgan fingerprint density at radius 1 is 1.18 bits per heavy atom. The van der Waals surface area contributed by atoms with E-state index in [9.17, 15) is 14.0 Å². The molecule has 0 bridgehead atoms. The third kappa shape index (κ3) is 6.60. The Bertz CT molecular complexity index is 796. The highest BCUT2D eigenvalue weighted by atomic mass is 35.5. The lowest BCUT2D eigenvalue weighted by molar-refractivity contribution is -0.122. The molecule has 1 atom stereocenters. The molecular formula is C20H23ClFN3O3. The standard InChI is InChI=1S/C20H22FN3O3.ClH/c21-16-6-4-15(5-7-16)20(26)24-17-3-1-2-14(10-17)12-23-19(25)11-18-13-27-9-8-22-18;/h1-7,10,18,22H,8-9,11-13H2,(H,23,25)(H,24,26);1H. The molecule has 2 aromatic rings. The predicted molar refractivity (Wildman–Crippen MR) is 107 cm³/mol. The molecule has 150 valence electrons. The van der Waals surface area contributed by atoms with Crippen LogP contribution in [0.4, 0.5) is 10.1 Å². The molecular weight excluding hydrogens is 385 g/mol. The van der Waals surface area contributed by atoms with Crippen LogP contribution in [0.25, 0.3) is 0 Å². The number of carbonyl (C=O) groups is 2. The Kier molecular flexibility index (Phi) is 8.38. The summed E-state index contributed by atoms with van der Waals surface area (Å²) in [5.41, 5.74) is 1.85. The second kappa shape index (κ2) is 10.8. The van der Waals surface area contributed by atoms with E-state index in [1.165, 1.54) is 24.3 Å². The molecule has 1 aliphatic heterocycles. The number of carbonyl (C=O) groups excluding carboxylic acids is 2. The van der Waals surface area contributed by atoms with Gasteiger partial charge in [0.2, 0.25) is 5.91 Å². The summed E-state index contributed by atoms with van der Waals surface area (Å²) in [6, 6.07) is 12.6. The van der Waals surface area contributed by atoms with Gasteiger partial charge in [-0.05, 0) is 42.0 Å². The number of amides is 2. The lowest BCUT2D eigenvalue weighted by atomic mass is 10.1. The van der Waals surface area contributed by atoms with Crippen LogP contribution in [-0.2, 0) is 16.1 Å². The van der Waals surface area contributed by atoms with E-state index in [4.69, 9.17) is 4.74 Å². The quantitative estimate of drug-likeness (QED) is 0.687. The van der Waals surface area contributed by atoms with E-state index in [-0.39, 0.29) is 36.1 Å². The molecule has 1 aliphatic rings. The van der Waals surface area contributed by atoms with Gasteiger partial charge in [-0.1, -0.05) is 12.1 Å². The molecule has 0 saturated carbocycles. The van der Waals surface area contributed by atoms with Crippen molar-refractivity contribution in [3.8, 4) is 0 Å². The topological polar surface area (TPSA) is 79.5 Å². The Labute approximate surface area is 169 Å². The van der Waals surface area contributed by atoms with Crippen LogP contribution in [0.2, 0.25) is 0 Å². The van der Waals surface area contributed by atoms with Crippen LogP contribution in [0.15, 0.2) is 48.5 Å². The summed E-state index contributed by atoms with van der Waals surface area (Å²) in [7, 11) is 0. The van der Waals surface area contributed by atoms with Gasteiger partial charge < -0.3 is 20.7 Å². The summed E-state index contributed by atoms with van der Waals surface area (Å²) >= 11 is 0. The molecule has 3 N–H and O–H groups in total. The van der Waals surface area contributed by atoms with Crippen LogP contribution in [0.3, 0.4) is 0 Å². The summed E-state index contributed by atoms with van der Waals surface area (Å²) in [4.78, 5) is 24.3. The Morgan fingerprint density at radius 3 is 2.68 bits per heavy atom. The minimum atomic E-state index is -0.390. The Morgan fingerprint density at radius 2 is 1.96 bits per heavy atom. The van der Waals surface area contributed by atoms with Gasteiger partial charge in [0.15, 0.2) is 0 Å². The molecule has 0 aromatic heterocycles. The summed E-state index contributed by atoms with van der Waals surface area (Å²) in [5.74, 6) is -0.766. The van der Waals surface area contributed by atoms with Crippen molar-refractivity contribution in [3.63, 3.8) is 0 Å². The highest BCUT2D eigenvalue weighted by Gasteiger charge is 2.16. The molecule has 0 spiro atoms. The molecule has 1 heterocycles. The highest BCUT2D eigenvalue weighted by Crippen LogP contribution is 2.13. The van der Waals surface area contributed by atoms with E-state index in [1.807, 2.05) is 6.07 Å². The van der Waals surface area contributed by atoms with Crippen LogP contribution >= 0.6 is 12.4 Å². The molecule has 0 radical (unpaired) electrons. The van der Waals surface area contributed by atoms with Crippen LogP contribution < -0.4 is 16.0 Å². The van der Waals surface area contributed by atoms with Crippen LogP contribution in [0, 0.1) is 5.82 Å². The van der Waals surface area contributed by atoms with E-state index in [0.29, 0.717) is 37.4 Å². The number of ether oxygens (including phenoxy) is 1. The van der Waals surface area contributed by atoms with Crippen molar-refractivity contribution in [2.45, 2.75) is 19.0 Å². The van der Waals surface area contributed by atoms with E-state index < -0.39 is 0 Å². The molecule has 6 nitrogen and oxygen atoms in total. The van der Waals surface area contributed by atoms with Crippen LogP contribution in [0.1, 0.15) is 22.3 Å². The number of hydrogen-bond acceptors (Lipinski definition) is 4. The van der Waals surface area contributed by atoms with Gasteiger partial charge in [0.25, 0.3) is 5.91 Å². The zero-order valence-electron chi connectivity index (χ0n) is 15.2. The van der Waals surface area contributed by atoms with Crippen molar-refractivity contribution >= 4 is 29.9 Å². The molecule has 3 rings (SSSR count). The molecule has 1 unspecified atom stereocenters. The molecule has 1 saturated heterocycles. The predicted octanol–water partition coefficient (Wildman–Crippen LogP) is 2.49. The fourth-order valence-corrected chi connectivity index (χ4v) is 2.81. The molecule has 1 fully saturated rings. The van der Waals surface area contributed by atoms with Gasteiger partial charge in [-0.15, -0.1) is 12.4 Å². The van der Waals surface area contributed by atoms with Crippen molar-refractivity contribution in [1.29, 1.82) is 0 Å². The second-order valence-corrected chi connectivity index (χ2v) is 6.37. The maximum atomic E-state index is 13.0. The monoisotopic (exact) mass is 407 g/mol. The third-order valence-corrected chi connectivity index (χ3v) is 4.21. The second-order valence-electron chi connectivity index (χ2n) is 6.37. The first-order chi connectivity index (χ1) is 13.1. The highest BCUT2D eigenvalue weighted by molar-refractivity contribution is 6.04. The van der Waals surface area contributed by atoms with Gasteiger partial charge in [0.05, 0.1) is 13.2 Å². The normalized spacial score (nSPS) is 16.0. The summed E-state index contributed by atoms with van der Waals surface area (Å²) in [6.07, 6.45) is 0.362. The smallest absolute Gasteiger partial charge is 0.255 e. The zero-order chi connectivity index (χ0) is 19.1. The van der Waals surface area contributed by atoms with E-state index >= 15 is 0 Å². The maximum absolute atomic E-state index is 13.0. The minimum absolute atomic E-state index is 0. The number of hydrogen-bond donors (Lipinski definition) is 3. The first kappa shape index (κ1) is 21.8. The average Bonchev–Trinajstić information content (AvgIpc) is 2.68. The van der Waals surface area contributed by atoms with Gasteiger partial charge in [0, 0.05) is 36.8 Å². The van der Waals surface area contributed by atoms with Crippen molar-refractivity contribution < 1.29 is 18.7 Å². The lowest BCUT2D eigenvalue weighted by Gasteiger charge is -2.23.